The minimum absolute atomic E-state index is 0.246. The molecular weight excluding hydrogens is 362 g/mol. The summed E-state index contributed by atoms with van der Waals surface area (Å²) in [6.07, 6.45) is 8.63. The van der Waals surface area contributed by atoms with Crippen LogP contribution in [0.3, 0.4) is 0 Å². The van der Waals surface area contributed by atoms with Crippen molar-refractivity contribution in [3.05, 3.63) is 34.8 Å². The third-order valence-corrected chi connectivity index (χ3v) is 4.85. The van der Waals surface area contributed by atoms with Crippen LogP contribution in [0, 0.1) is 0 Å². The molecule has 0 radical (unpaired) electrons. The van der Waals surface area contributed by atoms with Crippen molar-refractivity contribution in [2.75, 3.05) is 19.0 Å². The number of methoxy groups -OCH3 is 1. The summed E-state index contributed by atoms with van der Waals surface area (Å²) in [5.41, 5.74) is 0.854. The molecule has 2 aromatic rings. The van der Waals surface area contributed by atoms with Crippen LogP contribution in [-0.4, -0.2) is 29.8 Å². The molecule has 1 N–H and O–H groups in total. The molecule has 1 amide bonds. The Balaban J connectivity index is 1.91. The van der Waals surface area contributed by atoms with Crippen LogP contribution in [0.15, 0.2) is 24.3 Å². The van der Waals surface area contributed by atoms with Gasteiger partial charge >= 0.3 is 0 Å². The van der Waals surface area contributed by atoms with E-state index in [-0.39, 0.29) is 5.91 Å². The molecule has 0 atom stereocenters. The average Bonchev–Trinajstić information content (AvgIpc) is 3.14. The summed E-state index contributed by atoms with van der Waals surface area (Å²) in [4.78, 5) is 12.0. The Kier molecular flexibility index (Phi) is 8.77. The fraction of sp³-hybridized carbons (Fsp3) is 0.450. The molecule has 0 unspecified atom stereocenters. The average molecular weight is 390 g/mol. The highest BCUT2D eigenvalue weighted by Gasteiger charge is 2.07. The van der Waals surface area contributed by atoms with E-state index in [1.165, 1.54) is 36.7 Å². The van der Waals surface area contributed by atoms with Gasteiger partial charge in [0.2, 0.25) is 11.0 Å². The minimum atomic E-state index is -0.246. The van der Waals surface area contributed by atoms with Gasteiger partial charge < -0.3 is 9.47 Å². The summed E-state index contributed by atoms with van der Waals surface area (Å²) in [5.74, 6) is 1.13. The highest BCUT2D eigenvalue weighted by Crippen LogP contribution is 2.29. The Hall–Kier alpha value is -2.41. The number of amides is 1. The molecule has 1 aromatic carbocycles. The number of anilines is 1. The minimum Gasteiger partial charge on any atom is -0.493 e. The predicted octanol–water partition coefficient (Wildman–Crippen LogP) is 4.72. The lowest BCUT2D eigenvalue weighted by Gasteiger charge is -2.11. The number of hydrogen-bond donors (Lipinski definition) is 1. The number of nitrogens with one attached hydrogen (secondary N) is 1. The Morgan fingerprint density at radius 2 is 2.04 bits per heavy atom. The van der Waals surface area contributed by atoms with Gasteiger partial charge in [0, 0.05) is 6.08 Å². The summed E-state index contributed by atoms with van der Waals surface area (Å²) < 4.78 is 11.2. The number of benzene rings is 1. The van der Waals surface area contributed by atoms with E-state index in [9.17, 15) is 4.79 Å². The fourth-order valence-electron chi connectivity index (χ4n) is 2.38. The van der Waals surface area contributed by atoms with Crippen molar-refractivity contribution < 1.29 is 14.3 Å². The van der Waals surface area contributed by atoms with Crippen molar-refractivity contribution in [3.63, 3.8) is 0 Å². The molecule has 0 bridgehead atoms. The van der Waals surface area contributed by atoms with Crippen LogP contribution < -0.4 is 14.8 Å². The van der Waals surface area contributed by atoms with E-state index in [1.807, 2.05) is 25.1 Å². The summed E-state index contributed by atoms with van der Waals surface area (Å²) in [6.45, 7) is 4.86. The van der Waals surface area contributed by atoms with Gasteiger partial charge in [-0.3, -0.25) is 10.1 Å². The van der Waals surface area contributed by atoms with E-state index in [0.717, 1.165) is 29.2 Å². The van der Waals surface area contributed by atoms with Gasteiger partial charge in [0.1, 0.15) is 5.01 Å². The zero-order valence-electron chi connectivity index (χ0n) is 16.2. The maximum absolute atomic E-state index is 12.0. The topological polar surface area (TPSA) is 73.3 Å². The zero-order valence-corrected chi connectivity index (χ0v) is 17.0. The second kappa shape index (κ2) is 11.3. The molecule has 0 fully saturated rings. The SMILES string of the molecule is CCCCCCOc1ccc(/C=C\C(=O)Nc2nnc(CC)s2)cc1OC. The third-order valence-electron chi connectivity index (χ3n) is 3.87. The van der Waals surface area contributed by atoms with E-state index in [0.29, 0.717) is 17.5 Å². The van der Waals surface area contributed by atoms with Gasteiger partial charge in [-0.2, -0.15) is 0 Å². The van der Waals surface area contributed by atoms with Gasteiger partial charge in [0.15, 0.2) is 11.5 Å². The molecule has 2 rings (SSSR count). The summed E-state index contributed by atoms with van der Waals surface area (Å²) in [5, 5.41) is 12.0. The molecule has 0 aliphatic heterocycles. The van der Waals surface area contributed by atoms with Crippen LogP contribution in [0.5, 0.6) is 11.5 Å². The maximum Gasteiger partial charge on any atom is 0.250 e. The van der Waals surface area contributed by atoms with E-state index in [2.05, 4.69) is 22.4 Å². The van der Waals surface area contributed by atoms with Crippen LogP contribution in [-0.2, 0) is 11.2 Å². The lowest BCUT2D eigenvalue weighted by atomic mass is 10.2. The van der Waals surface area contributed by atoms with E-state index in [1.54, 1.807) is 13.2 Å². The molecule has 0 saturated carbocycles. The first-order chi connectivity index (χ1) is 13.2. The highest BCUT2D eigenvalue weighted by molar-refractivity contribution is 7.15. The van der Waals surface area contributed by atoms with E-state index < -0.39 is 0 Å². The molecule has 146 valence electrons. The number of ether oxygens (including phenoxy) is 2. The Morgan fingerprint density at radius 3 is 2.74 bits per heavy atom. The lowest BCUT2D eigenvalue weighted by Crippen LogP contribution is -2.07. The normalized spacial score (nSPS) is 10.9. The number of unbranched alkanes of at least 4 members (excludes halogenated alkanes) is 3. The van der Waals surface area contributed by atoms with Crippen LogP contribution in [0.4, 0.5) is 5.13 Å². The van der Waals surface area contributed by atoms with E-state index in [4.69, 9.17) is 9.47 Å². The monoisotopic (exact) mass is 389 g/mol. The van der Waals surface area contributed by atoms with Crippen molar-refractivity contribution in [2.45, 2.75) is 46.0 Å². The second-order valence-electron chi connectivity index (χ2n) is 6.00. The molecule has 6 nitrogen and oxygen atoms in total. The van der Waals surface area contributed by atoms with Crippen LogP contribution >= 0.6 is 11.3 Å². The summed E-state index contributed by atoms with van der Waals surface area (Å²) in [6, 6.07) is 5.62. The Bertz CT molecular complexity index is 759. The largest absolute Gasteiger partial charge is 0.493 e. The number of carbonyl (C=O) groups excluding carboxylic acids is 1. The van der Waals surface area contributed by atoms with Crippen molar-refractivity contribution in [2.24, 2.45) is 0 Å². The van der Waals surface area contributed by atoms with Gasteiger partial charge in [0.25, 0.3) is 0 Å². The van der Waals surface area contributed by atoms with Gasteiger partial charge in [0.05, 0.1) is 13.7 Å². The number of aromatic nitrogens is 2. The number of carbonyl (C=O) groups is 1. The molecule has 7 heteroatoms. The molecule has 0 spiro atoms. The zero-order chi connectivity index (χ0) is 19.5. The van der Waals surface area contributed by atoms with Crippen molar-refractivity contribution in [3.8, 4) is 11.5 Å². The highest BCUT2D eigenvalue weighted by atomic mass is 32.1. The Morgan fingerprint density at radius 1 is 1.19 bits per heavy atom. The smallest absolute Gasteiger partial charge is 0.250 e. The standard InChI is InChI=1S/C20H27N3O3S/c1-4-6-7-8-13-26-16-11-9-15(14-17(16)25-3)10-12-18(24)21-20-23-22-19(5-2)27-20/h9-12,14H,4-8,13H2,1-3H3,(H,21,23,24)/b12-10-. The van der Waals surface area contributed by atoms with Gasteiger partial charge in [-0.25, -0.2) is 0 Å². The number of hydrogen-bond acceptors (Lipinski definition) is 6. The number of rotatable bonds is 11. The quantitative estimate of drug-likeness (QED) is 0.445. The van der Waals surface area contributed by atoms with Gasteiger partial charge in [-0.15, -0.1) is 10.2 Å². The molecule has 0 saturated heterocycles. The van der Waals surface area contributed by atoms with Crippen molar-refractivity contribution in [1.82, 2.24) is 10.2 Å². The molecule has 1 heterocycles. The molecule has 0 aliphatic rings. The Labute approximate surface area is 164 Å². The van der Waals surface area contributed by atoms with Crippen LogP contribution in [0.1, 0.15) is 50.1 Å². The molecular formula is C20H27N3O3S. The maximum atomic E-state index is 12.0. The summed E-state index contributed by atoms with van der Waals surface area (Å²) in [7, 11) is 1.61. The predicted molar refractivity (Wildman–Crippen MR) is 110 cm³/mol. The first-order valence-electron chi connectivity index (χ1n) is 9.28. The first-order valence-corrected chi connectivity index (χ1v) is 10.1. The molecule has 0 aliphatic carbocycles. The number of aryl methyl sites for hydroxylation is 1. The van der Waals surface area contributed by atoms with Gasteiger partial charge in [-0.1, -0.05) is 50.5 Å². The molecule has 27 heavy (non-hydrogen) atoms. The van der Waals surface area contributed by atoms with Gasteiger partial charge in [-0.05, 0) is 36.6 Å². The molecule has 1 aromatic heterocycles. The fourth-order valence-corrected chi connectivity index (χ4v) is 3.07. The first kappa shape index (κ1) is 20.9. The summed E-state index contributed by atoms with van der Waals surface area (Å²) >= 11 is 1.38. The lowest BCUT2D eigenvalue weighted by molar-refractivity contribution is -0.111. The second-order valence-corrected chi connectivity index (χ2v) is 7.06. The van der Waals surface area contributed by atoms with Crippen molar-refractivity contribution >= 4 is 28.5 Å². The van der Waals surface area contributed by atoms with Crippen molar-refractivity contribution in [1.29, 1.82) is 0 Å². The third kappa shape index (κ3) is 7.02. The number of nitrogens with zero attached hydrogens (tertiary/aromatic N) is 2. The van der Waals surface area contributed by atoms with Crippen LogP contribution in [0.2, 0.25) is 0 Å². The van der Waals surface area contributed by atoms with Crippen LogP contribution in [0.25, 0.3) is 6.08 Å². The van der Waals surface area contributed by atoms with E-state index >= 15 is 0 Å².